The third kappa shape index (κ3) is 3.28. The molecule has 1 heterocycles. The number of rotatable bonds is 3. The van der Waals surface area contributed by atoms with Gasteiger partial charge in [0, 0.05) is 13.1 Å². The van der Waals surface area contributed by atoms with Crippen LogP contribution in [0.15, 0.2) is 0 Å². The Kier molecular flexibility index (Phi) is 4.20. The Balaban J connectivity index is 2.32. The van der Waals surface area contributed by atoms with Crippen LogP contribution in [-0.2, 0) is 0 Å². The van der Waals surface area contributed by atoms with Gasteiger partial charge in [-0.15, -0.1) is 0 Å². The molecule has 78 valence electrons. The van der Waals surface area contributed by atoms with Crippen LogP contribution in [0.3, 0.4) is 0 Å². The summed E-state index contributed by atoms with van der Waals surface area (Å²) in [7, 11) is 0. The minimum Gasteiger partial charge on any atom is -0.330 e. The van der Waals surface area contributed by atoms with Crippen molar-refractivity contribution in [1.29, 1.82) is 0 Å². The zero-order valence-electron chi connectivity index (χ0n) is 9.29. The molecule has 13 heavy (non-hydrogen) atoms. The van der Waals surface area contributed by atoms with E-state index in [2.05, 4.69) is 25.7 Å². The number of piperidine rings is 1. The molecule has 0 amide bonds. The van der Waals surface area contributed by atoms with Crippen LogP contribution in [0.2, 0.25) is 0 Å². The fraction of sp³-hybridized carbons (Fsp3) is 1.00. The van der Waals surface area contributed by atoms with Crippen molar-refractivity contribution in [2.24, 2.45) is 23.5 Å². The number of hydrogen-bond donors (Lipinski definition) is 1. The molecule has 0 aliphatic carbocycles. The Labute approximate surface area is 82.5 Å². The molecule has 0 aromatic carbocycles. The summed E-state index contributed by atoms with van der Waals surface area (Å²) in [6, 6.07) is 0. The molecule has 0 aromatic rings. The Hall–Kier alpha value is -0.0800. The number of nitrogens with zero attached hydrogens (tertiary/aromatic N) is 1. The lowest BCUT2D eigenvalue weighted by Crippen LogP contribution is -2.43. The van der Waals surface area contributed by atoms with Gasteiger partial charge in [0.2, 0.25) is 0 Å². The molecule has 0 saturated carbocycles. The zero-order chi connectivity index (χ0) is 9.84. The highest BCUT2D eigenvalue weighted by molar-refractivity contribution is 4.78. The van der Waals surface area contributed by atoms with Gasteiger partial charge in [-0.05, 0) is 37.3 Å². The molecular formula is C11H24N2. The first kappa shape index (κ1) is 11.0. The van der Waals surface area contributed by atoms with E-state index >= 15 is 0 Å². The largest absolute Gasteiger partial charge is 0.330 e. The zero-order valence-corrected chi connectivity index (χ0v) is 9.29. The van der Waals surface area contributed by atoms with E-state index in [-0.39, 0.29) is 0 Å². The van der Waals surface area contributed by atoms with Crippen LogP contribution in [0, 0.1) is 17.8 Å². The third-order valence-corrected chi connectivity index (χ3v) is 3.09. The summed E-state index contributed by atoms with van der Waals surface area (Å²) >= 11 is 0. The molecule has 1 fully saturated rings. The maximum Gasteiger partial charge on any atom is 0.00103 e. The molecule has 0 spiro atoms. The molecule has 0 radical (unpaired) electrons. The van der Waals surface area contributed by atoms with Crippen LogP contribution in [0.25, 0.3) is 0 Å². The highest BCUT2D eigenvalue weighted by Gasteiger charge is 2.24. The minimum absolute atomic E-state index is 0.767. The van der Waals surface area contributed by atoms with Crippen molar-refractivity contribution in [2.45, 2.75) is 27.2 Å². The Morgan fingerprint density at radius 1 is 1.46 bits per heavy atom. The maximum absolute atomic E-state index is 5.72. The standard InChI is InChI=1S/C11H24N2/c1-9(2)7-13-5-4-11(6-12)10(3)8-13/h9-11H,4-8,12H2,1-3H3. The van der Waals surface area contributed by atoms with Gasteiger partial charge >= 0.3 is 0 Å². The van der Waals surface area contributed by atoms with Crippen LogP contribution in [0.5, 0.6) is 0 Å². The molecule has 2 heteroatoms. The first-order valence-electron chi connectivity index (χ1n) is 5.56. The van der Waals surface area contributed by atoms with Gasteiger partial charge in [0.25, 0.3) is 0 Å². The molecule has 2 unspecified atom stereocenters. The molecule has 1 aliphatic heterocycles. The first-order valence-corrected chi connectivity index (χ1v) is 5.56. The van der Waals surface area contributed by atoms with Crippen LogP contribution in [0.1, 0.15) is 27.2 Å². The van der Waals surface area contributed by atoms with Gasteiger partial charge in [0.15, 0.2) is 0 Å². The second kappa shape index (κ2) is 4.97. The predicted octanol–water partition coefficient (Wildman–Crippen LogP) is 1.56. The van der Waals surface area contributed by atoms with Gasteiger partial charge in [0.05, 0.1) is 0 Å². The fourth-order valence-corrected chi connectivity index (χ4v) is 2.31. The van der Waals surface area contributed by atoms with Crippen LogP contribution in [-0.4, -0.2) is 31.1 Å². The van der Waals surface area contributed by atoms with Crippen molar-refractivity contribution in [3.05, 3.63) is 0 Å². The van der Waals surface area contributed by atoms with Gasteiger partial charge < -0.3 is 10.6 Å². The van der Waals surface area contributed by atoms with E-state index in [1.807, 2.05) is 0 Å². The van der Waals surface area contributed by atoms with E-state index in [1.54, 1.807) is 0 Å². The van der Waals surface area contributed by atoms with Crippen molar-refractivity contribution in [3.63, 3.8) is 0 Å². The molecular weight excluding hydrogens is 160 g/mol. The lowest BCUT2D eigenvalue weighted by molar-refractivity contribution is 0.121. The summed E-state index contributed by atoms with van der Waals surface area (Å²) in [4.78, 5) is 2.58. The Morgan fingerprint density at radius 2 is 2.15 bits per heavy atom. The van der Waals surface area contributed by atoms with E-state index in [4.69, 9.17) is 5.73 Å². The van der Waals surface area contributed by atoms with Gasteiger partial charge in [-0.25, -0.2) is 0 Å². The fourth-order valence-electron chi connectivity index (χ4n) is 2.31. The van der Waals surface area contributed by atoms with Crippen LogP contribution in [0.4, 0.5) is 0 Å². The maximum atomic E-state index is 5.72. The third-order valence-electron chi connectivity index (χ3n) is 3.09. The molecule has 2 atom stereocenters. The van der Waals surface area contributed by atoms with E-state index in [9.17, 15) is 0 Å². The monoisotopic (exact) mass is 184 g/mol. The van der Waals surface area contributed by atoms with Crippen molar-refractivity contribution in [3.8, 4) is 0 Å². The second-order valence-corrected chi connectivity index (χ2v) is 4.92. The Morgan fingerprint density at radius 3 is 2.62 bits per heavy atom. The lowest BCUT2D eigenvalue weighted by atomic mass is 9.87. The number of nitrogens with two attached hydrogens (primary N) is 1. The van der Waals surface area contributed by atoms with Gasteiger partial charge in [-0.2, -0.15) is 0 Å². The van der Waals surface area contributed by atoms with Crippen molar-refractivity contribution < 1.29 is 0 Å². The average Bonchev–Trinajstić information content (AvgIpc) is 2.03. The SMILES string of the molecule is CC(C)CN1CCC(CN)C(C)C1. The quantitative estimate of drug-likeness (QED) is 0.721. The topological polar surface area (TPSA) is 29.3 Å². The molecule has 0 bridgehead atoms. The van der Waals surface area contributed by atoms with E-state index in [0.717, 1.165) is 24.3 Å². The van der Waals surface area contributed by atoms with Crippen molar-refractivity contribution in [1.82, 2.24) is 4.90 Å². The molecule has 2 N–H and O–H groups in total. The van der Waals surface area contributed by atoms with Crippen molar-refractivity contribution >= 4 is 0 Å². The molecule has 1 aliphatic rings. The van der Waals surface area contributed by atoms with Gasteiger partial charge in [-0.3, -0.25) is 0 Å². The summed E-state index contributed by atoms with van der Waals surface area (Å²) in [5, 5.41) is 0. The first-order chi connectivity index (χ1) is 6.13. The van der Waals surface area contributed by atoms with Gasteiger partial charge in [-0.1, -0.05) is 20.8 Å². The molecule has 1 rings (SSSR count). The Bertz CT molecular complexity index is 145. The molecule has 2 nitrogen and oxygen atoms in total. The smallest absolute Gasteiger partial charge is 0.00103 e. The average molecular weight is 184 g/mol. The minimum atomic E-state index is 0.767. The number of likely N-dealkylation sites (tertiary alicyclic amines) is 1. The van der Waals surface area contributed by atoms with E-state index in [0.29, 0.717) is 0 Å². The second-order valence-electron chi connectivity index (χ2n) is 4.92. The summed E-state index contributed by atoms with van der Waals surface area (Å²) in [6.45, 7) is 11.5. The molecule has 0 aromatic heterocycles. The summed E-state index contributed by atoms with van der Waals surface area (Å²) in [6.07, 6.45) is 1.30. The van der Waals surface area contributed by atoms with E-state index in [1.165, 1.54) is 26.1 Å². The highest BCUT2D eigenvalue weighted by atomic mass is 15.1. The highest BCUT2D eigenvalue weighted by Crippen LogP contribution is 2.22. The van der Waals surface area contributed by atoms with E-state index < -0.39 is 0 Å². The normalized spacial score (nSPS) is 31.2. The van der Waals surface area contributed by atoms with Gasteiger partial charge in [0.1, 0.15) is 0 Å². The van der Waals surface area contributed by atoms with Crippen molar-refractivity contribution in [2.75, 3.05) is 26.2 Å². The summed E-state index contributed by atoms with van der Waals surface area (Å²) in [5.74, 6) is 2.35. The number of hydrogen-bond acceptors (Lipinski definition) is 2. The lowest BCUT2D eigenvalue weighted by Gasteiger charge is -2.37. The summed E-state index contributed by atoms with van der Waals surface area (Å²) < 4.78 is 0. The predicted molar refractivity (Wildman–Crippen MR) is 57.6 cm³/mol. The summed E-state index contributed by atoms with van der Waals surface area (Å²) in [5.41, 5.74) is 5.72. The molecule has 1 saturated heterocycles. The van der Waals surface area contributed by atoms with Crippen LogP contribution < -0.4 is 5.73 Å². The van der Waals surface area contributed by atoms with Crippen LogP contribution >= 0.6 is 0 Å².